The average molecular weight is 341 g/mol. The number of aromatic nitrogens is 3. The molecule has 2 aromatic heterocycles. The van der Waals surface area contributed by atoms with E-state index in [1.165, 1.54) is 5.69 Å². The van der Waals surface area contributed by atoms with Crippen molar-refractivity contribution in [1.82, 2.24) is 14.8 Å². The van der Waals surface area contributed by atoms with Gasteiger partial charge in [-0.3, -0.25) is 9.78 Å². The number of nitrogens with zero attached hydrogens (tertiary/aromatic N) is 5. The highest BCUT2D eigenvalue weighted by Gasteiger charge is 2.23. The quantitative estimate of drug-likeness (QED) is 0.856. The monoisotopic (exact) mass is 341 g/mol. The minimum atomic E-state index is -0.0252. The third-order valence-corrected chi connectivity index (χ3v) is 4.98. The van der Waals surface area contributed by atoms with Crippen LogP contribution >= 0.6 is 0 Å². The maximum absolute atomic E-state index is 12.6. The molecule has 0 saturated carbocycles. The average Bonchev–Trinajstić information content (AvgIpc) is 2.61. The highest BCUT2D eigenvalue weighted by molar-refractivity contribution is 5.47. The maximum atomic E-state index is 12.6. The molecule has 25 heavy (non-hydrogen) atoms. The van der Waals surface area contributed by atoms with Crippen LogP contribution in [0, 0.1) is 6.92 Å². The zero-order chi connectivity index (χ0) is 18.0. The van der Waals surface area contributed by atoms with E-state index in [-0.39, 0.29) is 11.6 Å². The first-order chi connectivity index (χ1) is 12.0. The molecule has 1 fully saturated rings. The summed E-state index contributed by atoms with van der Waals surface area (Å²) >= 11 is 0. The Labute approximate surface area is 149 Å². The van der Waals surface area contributed by atoms with E-state index < -0.39 is 0 Å². The number of rotatable bonds is 4. The van der Waals surface area contributed by atoms with E-state index in [4.69, 9.17) is 0 Å². The number of anilines is 2. The van der Waals surface area contributed by atoms with Gasteiger partial charge in [0.2, 0.25) is 0 Å². The summed E-state index contributed by atoms with van der Waals surface area (Å²) < 4.78 is 1.65. The van der Waals surface area contributed by atoms with E-state index in [1.54, 1.807) is 16.9 Å². The van der Waals surface area contributed by atoms with Gasteiger partial charge >= 0.3 is 0 Å². The molecule has 3 rings (SSSR count). The van der Waals surface area contributed by atoms with Crippen molar-refractivity contribution in [2.24, 2.45) is 0 Å². The highest BCUT2D eigenvalue weighted by atomic mass is 16.1. The predicted molar refractivity (Wildman–Crippen MR) is 101 cm³/mol. The summed E-state index contributed by atoms with van der Waals surface area (Å²) in [5.74, 6) is 0. The largest absolute Gasteiger partial charge is 0.371 e. The van der Waals surface area contributed by atoms with Gasteiger partial charge in [0.05, 0.1) is 17.9 Å². The fourth-order valence-corrected chi connectivity index (χ4v) is 3.29. The molecule has 3 heterocycles. The lowest BCUT2D eigenvalue weighted by Crippen LogP contribution is -2.41. The van der Waals surface area contributed by atoms with Gasteiger partial charge in [-0.25, -0.2) is 4.68 Å². The van der Waals surface area contributed by atoms with E-state index in [0.29, 0.717) is 6.04 Å². The van der Waals surface area contributed by atoms with Crippen LogP contribution in [0.5, 0.6) is 0 Å². The van der Waals surface area contributed by atoms with Gasteiger partial charge in [0.1, 0.15) is 0 Å². The lowest BCUT2D eigenvalue weighted by atomic mass is 10.0. The van der Waals surface area contributed by atoms with Crippen molar-refractivity contribution in [3.05, 3.63) is 46.6 Å². The Bertz CT molecular complexity index is 785. The molecule has 0 bridgehead atoms. The second-order valence-corrected chi connectivity index (χ2v) is 7.10. The van der Waals surface area contributed by atoms with Crippen LogP contribution in [0.1, 0.15) is 38.4 Å². The molecule has 6 nitrogen and oxygen atoms in total. The van der Waals surface area contributed by atoms with Crippen LogP contribution in [0.2, 0.25) is 0 Å². The molecule has 0 spiro atoms. The summed E-state index contributed by atoms with van der Waals surface area (Å²) in [6.45, 7) is 8.00. The molecule has 0 N–H and O–H groups in total. The fraction of sp³-hybridized carbons (Fsp3) is 0.526. The summed E-state index contributed by atoms with van der Waals surface area (Å²) in [6.07, 6.45) is 5.67. The van der Waals surface area contributed by atoms with E-state index in [1.807, 2.05) is 26.2 Å². The van der Waals surface area contributed by atoms with Crippen LogP contribution in [0.15, 0.2) is 35.4 Å². The van der Waals surface area contributed by atoms with Crippen LogP contribution in [0.3, 0.4) is 0 Å². The summed E-state index contributed by atoms with van der Waals surface area (Å²) in [4.78, 5) is 21.3. The number of pyridine rings is 1. The van der Waals surface area contributed by atoms with E-state index in [2.05, 4.69) is 39.8 Å². The first kappa shape index (κ1) is 17.5. The lowest BCUT2D eigenvalue weighted by molar-refractivity contribution is 0.362. The SMILES string of the molecule is Cc1cc(N2CCC[C@@H](n3ncc(N(C)C(C)C)cc3=O)C2)ccn1. The van der Waals surface area contributed by atoms with Crippen LogP contribution in [-0.2, 0) is 0 Å². The Morgan fingerprint density at radius 3 is 2.80 bits per heavy atom. The van der Waals surface area contributed by atoms with Crippen molar-refractivity contribution in [2.75, 3.05) is 29.9 Å². The molecule has 1 atom stereocenters. The molecule has 0 radical (unpaired) electrons. The van der Waals surface area contributed by atoms with Crippen molar-refractivity contribution < 1.29 is 0 Å². The van der Waals surface area contributed by atoms with Gasteiger partial charge in [-0.15, -0.1) is 0 Å². The van der Waals surface area contributed by atoms with Gasteiger partial charge in [0, 0.05) is 49.8 Å². The normalized spacial score (nSPS) is 17.8. The Hall–Kier alpha value is -2.37. The Balaban J connectivity index is 1.81. The van der Waals surface area contributed by atoms with Crippen LogP contribution in [0.4, 0.5) is 11.4 Å². The molecular formula is C19H27N5O. The molecule has 1 aliphatic rings. The molecule has 6 heteroatoms. The van der Waals surface area contributed by atoms with Crippen molar-refractivity contribution in [3.63, 3.8) is 0 Å². The number of hydrogen-bond donors (Lipinski definition) is 0. The van der Waals surface area contributed by atoms with Gasteiger partial charge in [-0.05, 0) is 45.7 Å². The van der Waals surface area contributed by atoms with Crippen LogP contribution in [-0.4, -0.2) is 40.9 Å². The Morgan fingerprint density at radius 2 is 2.12 bits per heavy atom. The molecular weight excluding hydrogens is 314 g/mol. The zero-order valence-electron chi connectivity index (χ0n) is 15.5. The Morgan fingerprint density at radius 1 is 1.32 bits per heavy atom. The molecule has 134 valence electrons. The first-order valence-electron chi connectivity index (χ1n) is 8.95. The minimum Gasteiger partial charge on any atom is -0.371 e. The molecule has 0 unspecified atom stereocenters. The van der Waals surface area contributed by atoms with Crippen molar-refractivity contribution in [3.8, 4) is 0 Å². The first-order valence-corrected chi connectivity index (χ1v) is 8.95. The fourth-order valence-electron chi connectivity index (χ4n) is 3.29. The summed E-state index contributed by atoms with van der Waals surface area (Å²) in [5, 5.41) is 4.47. The molecule has 1 aliphatic heterocycles. The zero-order valence-corrected chi connectivity index (χ0v) is 15.5. The number of piperidine rings is 1. The van der Waals surface area contributed by atoms with Gasteiger partial charge in [0.15, 0.2) is 0 Å². The third-order valence-electron chi connectivity index (χ3n) is 4.98. The van der Waals surface area contributed by atoms with Crippen LogP contribution < -0.4 is 15.4 Å². The summed E-state index contributed by atoms with van der Waals surface area (Å²) in [6, 6.07) is 6.26. The summed E-state index contributed by atoms with van der Waals surface area (Å²) in [7, 11) is 1.99. The molecule has 2 aromatic rings. The smallest absolute Gasteiger partial charge is 0.269 e. The van der Waals surface area contributed by atoms with Gasteiger partial charge in [-0.1, -0.05) is 0 Å². The predicted octanol–water partition coefficient (Wildman–Crippen LogP) is 2.63. The van der Waals surface area contributed by atoms with Crippen molar-refractivity contribution >= 4 is 11.4 Å². The minimum absolute atomic E-state index is 0.0252. The van der Waals surface area contributed by atoms with E-state index in [9.17, 15) is 4.79 Å². The Kier molecular flexibility index (Phi) is 5.06. The second-order valence-electron chi connectivity index (χ2n) is 7.10. The second kappa shape index (κ2) is 7.25. The topological polar surface area (TPSA) is 54.3 Å². The standard InChI is InChI=1S/C19H27N5O/c1-14(2)22(4)18-11-19(25)24(21-12-18)17-6-5-9-23(13-17)16-7-8-20-15(3)10-16/h7-8,10-12,14,17H,5-6,9,13H2,1-4H3/t17-/m1/s1. The van der Waals surface area contributed by atoms with Gasteiger partial charge in [0.25, 0.3) is 5.56 Å². The lowest BCUT2D eigenvalue weighted by Gasteiger charge is -2.34. The van der Waals surface area contributed by atoms with E-state index >= 15 is 0 Å². The van der Waals surface area contributed by atoms with Crippen molar-refractivity contribution in [1.29, 1.82) is 0 Å². The molecule has 0 amide bonds. The van der Waals surface area contributed by atoms with E-state index in [0.717, 1.165) is 37.3 Å². The van der Waals surface area contributed by atoms with Crippen molar-refractivity contribution in [2.45, 2.75) is 45.7 Å². The van der Waals surface area contributed by atoms with Gasteiger partial charge < -0.3 is 9.80 Å². The van der Waals surface area contributed by atoms with Crippen LogP contribution in [0.25, 0.3) is 0 Å². The number of aryl methyl sites for hydroxylation is 1. The summed E-state index contributed by atoms with van der Waals surface area (Å²) in [5.41, 5.74) is 3.02. The molecule has 1 saturated heterocycles. The third kappa shape index (κ3) is 3.83. The number of hydrogen-bond acceptors (Lipinski definition) is 5. The highest BCUT2D eigenvalue weighted by Crippen LogP contribution is 2.25. The maximum Gasteiger partial charge on any atom is 0.269 e. The van der Waals surface area contributed by atoms with Gasteiger partial charge in [-0.2, -0.15) is 5.10 Å². The molecule has 0 aliphatic carbocycles. The molecule has 0 aromatic carbocycles.